The molecule has 1 aromatic carbocycles. The van der Waals surface area contributed by atoms with Crippen LogP contribution in [0.4, 0.5) is 5.69 Å². The average Bonchev–Trinajstić information content (AvgIpc) is 2.33. The number of rotatable bonds is 8. The minimum atomic E-state index is 1.03. The zero-order valence-corrected chi connectivity index (χ0v) is 10.3. The molecule has 0 bridgehead atoms. The molecule has 16 heavy (non-hydrogen) atoms. The Morgan fingerprint density at radius 3 is 2.56 bits per heavy atom. The fourth-order valence-corrected chi connectivity index (χ4v) is 1.65. The molecule has 0 radical (unpaired) electrons. The fraction of sp³-hybridized carbons (Fsp3) is 0.467. The summed E-state index contributed by atoms with van der Waals surface area (Å²) >= 11 is 0. The van der Waals surface area contributed by atoms with Crippen molar-refractivity contribution in [1.29, 1.82) is 0 Å². The van der Waals surface area contributed by atoms with E-state index < -0.39 is 0 Å². The van der Waals surface area contributed by atoms with E-state index in [1.165, 1.54) is 30.5 Å². The highest BCUT2D eigenvalue weighted by Gasteiger charge is 1.94. The van der Waals surface area contributed by atoms with Crippen LogP contribution in [-0.4, -0.2) is 6.54 Å². The quantitative estimate of drug-likeness (QED) is 0.502. The Labute approximate surface area is 99.6 Å². The van der Waals surface area contributed by atoms with Crippen molar-refractivity contribution in [2.24, 2.45) is 0 Å². The third-order valence-corrected chi connectivity index (χ3v) is 2.69. The third kappa shape index (κ3) is 5.01. The van der Waals surface area contributed by atoms with Gasteiger partial charge < -0.3 is 5.32 Å². The van der Waals surface area contributed by atoms with Crippen LogP contribution in [0.3, 0.4) is 0 Å². The van der Waals surface area contributed by atoms with Gasteiger partial charge in [0.15, 0.2) is 0 Å². The Bertz CT molecular complexity index is 287. The van der Waals surface area contributed by atoms with E-state index in [0.717, 1.165) is 19.4 Å². The summed E-state index contributed by atoms with van der Waals surface area (Å²) in [6.07, 6.45) is 7.96. The van der Waals surface area contributed by atoms with E-state index in [-0.39, 0.29) is 0 Å². The Kier molecular flexibility index (Phi) is 6.39. The molecular formula is C15H23N. The van der Waals surface area contributed by atoms with Crippen LogP contribution in [0, 0.1) is 0 Å². The van der Waals surface area contributed by atoms with Crippen LogP contribution in [0.25, 0.3) is 0 Å². The summed E-state index contributed by atoms with van der Waals surface area (Å²) < 4.78 is 0. The molecule has 0 fully saturated rings. The lowest BCUT2D eigenvalue weighted by molar-refractivity contribution is 0.795. The van der Waals surface area contributed by atoms with E-state index in [1.807, 2.05) is 6.08 Å². The van der Waals surface area contributed by atoms with Gasteiger partial charge in [0.25, 0.3) is 0 Å². The SMILES string of the molecule is C=CCCCNc1ccc(CCCC)cc1. The smallest absolute Gasteiger partial charge is 0.0340 e. The van der Waals surface area contributed by atoms with Crippen molar-refractivity contribution < 1.29 is 0 Å². The molecule has 1 aromatic rings. The average molecular weight is 217 g/mol. The lowest BCUT2D eigenvalue weighted by Gasteiger charge is -2.06. The van der Waals surface area contributed by atoms with Gasteiger partial charge in [0.05, 0.1) is 0 Å². The molecule has 0 amide bonds. The fourth-order valence-electron chi connectivity index (χ4n) is 1.65. The molecule has 0 saturated carbocycles. The highest BCUT2D eigenvalue weighted by molar-refractivity contribution is 5.44. The molecule has 0 heterocycles. The van der Waals surface area contributed by atoms with Gasteiger partial charge in [0.2, 0.25) is 0 Å². The summed E-state index contributed by atoms with van der Waals surface area (Å²) in [6, 6.07) is 8.81. The molecule has 0 saturated heterocycles. The molecule has 0 aliphatic rings. The lowest BCUT2D eigenvalue weighted by Crippen LogP contribution is -2.00. The van der Waals surface area contributed by atoms with Gasteiger partial charge in [-0.1, -0.05) is 31.6 Å². The maximum atomic E-state index is 3.72. The number of hydrogen-bond donors (Lipinski definition) is 1. The van der Waals surface area contributed by atoms with Crippen molar-refractivity contribution in [2.45, 2.75) is 39.0 Å². The minimum absolute atomic E-state index is 1.03. The number of benzene rings is 1. The second kappa shape index (κ2) is 7.98. The van der Waals surface area contributed by atoms with Crippen LogP contribution in [0.5, 0.6) is 0 Å². The largest absolute Gasteiger partial charge is 0.385 e. The van der Waals surface area contributed by atoms with E-state index >= 15 is 0 Å². The van der Waals surface area contributed by atoms with Crippen molar-refractivity contribution in [3.8, 4) is 0 Å². The molecule has 1 N–H and O–H groups in total. The van der Waals surface area contributed by atoms with Crippen LogP contribution in [-0.2, 0) is 6.42 Å². The molecule has 0 spiro atoms. The van der Waals surface area contributed by atoms with Gasteiger partial charge in [0.1, 0.15) is 0 Å². The number of allylic oxidation sites excluding steroid dienone is 1. The van der Waals surface area contributed by atoms with E-state index in [4.69, 9.17) is 0 Å². The molecular weight excluding hydrogens is 194 g/mol. The van der Waals surface area contributed by atoms with Crippen molar-refractivity contribution in [2.75, 3.05) is 11.9 Å². The van der Waals surface area contributed by atoms with Crippen molar-refractivity contribution in [1.82, 2.24) is 0 Å². The first-order valence-electron chi connectivity index (χ1n) is 6.30. The van der Waals surface area contributed by atoms with Gasteiger partial charge in [-0.05, 0) is 43.4 Å². The Morgan fingerprint density at radius 1 is 1.19 bits per heavy atom. The summed E-state index contributed by atoms with van der Waals surface area (Å²) in [6.45, 7) is 6.98. The molecule has 0 unspecified atom stereocenters. The summed E-state index contributed by atoms with van der Waals surface area (Å²) in [5, 5.41) is 3.41. The minimum Gasteiger partial charge on any atom is -0.385 e. The Morgan fingerprint density at radius 2 is 1.94 bits per heavy atom. The normalized spacial score (nSPS) is 10.1. The van der Waals surface area contributed by atoms with Crippen LogP contribution >= 0.6 is 0 Å². The van der Waals surface area contributed by atoms with E-state index in [2.05, 4.69) is 43.1 Å². The summed E-state index contributed by atoms with van der Waals surface area (Å²) in [5.41, 5.74) is 2.67. The summed E-state index contributed by atoms with van der Waals surface area (Å²) in [7, 11) is 0. The molecule has 0 atom stereocenters. The molecule has 0 aliphatic carbocycles. The Balaban J connectivity index is 2.30. The van der Waals surface area contributed by atoms with Crippen LogP contribution in [0.2, 0.25) is 0 Å². The number of aryl methyl sites for hydroxylation is 1. The van der Waals surface area contributed by atoms with Crippen LogP contribution < -0.4 is 5.32 Å². The summed E-state index contributed by atoms with van der Waals surface area (Å²) in [4.78, 5) is 0. The van der Waals surface area contributed by atoms with Crippen molar-refractivity contribution >= 4 is 5.69 Å². The second-order valence-electron chi connectivity index (χ2n) is 4.16. The zero-order valence-electron chi connectivity index (χ0n) is 10.3. The van der Waals surface area contributed by atoms with Gasteiger partial charge in [-0.15, -0.1) is 6.58 Å². The monoisotopic (exact) mass is 217 g/mol. The molecule has 1 rings (SSSR count). The highest BCUT2D eigenvalue weighted by Crippen LogP contribution is 2.11. The molecule has 0 aromatic heterocycles. The van der Waals surface area contributed by atoms with Crippen LogP contribution in [0.15, 0.2) is 36.9 Å². The predicted octanol–water partition coefficient (Wildman–Crippen LogP) is 4.41. The van der Waals surface area contributed by atoms with Gasteiger partial charge in [-0.2, -0.15) is 0 Å². The van der Waals surface area contributed by atoms with Gasteiger partial charge in [0, 0.05) is 12.2 Å². The van der Waals surface area contributed by atoms with Crippen molar-refractivity contribution in [3.05, 3.63) is 42.5 Å². The first-order valence-corrected chi connectivity index (χ1v) is 6.30. The molecule has 88 valence electrons. The Hall–Kier alpha value is -1.24. The number of hydrogen-bond acceptors (Lipinski definition) is 1. The van der Waals surface area contributed by atoms with Gasteiger partial charge in [-0.3, -0.25) is 0 Å². The first kappa shape index (κ1) is 12.8. The number of unbranched alkanes of at least 4 members (excludes halogenated alkanes) is 2. The maximum Gasteiger partial charge on any atom is 0.0340 e. The topological polar surface area (TPSA) is 12.0 Å². The van der Waals surface area contributed by atoms with Gasteiger partial charge in [-0.25, -0.2) is 0 Å². The number of anilines is 1. The number of nitrogens with one attached hydrogen (secondary N) is 1. The lowest BCUT2D eigenvalue weighted by atomic mass is 10.1. The third-order valence-electron chi connectivity index (χ3n) is 2.69. The second-order valence-corrected chi connectivity index (χ2v) is 4.16. The predicted molar refractivity (Wildman–Crippen MR) is 73.0 cm³/mol. The first-order chi connectivity index (χ1) is 7.86. The molecule has 1 nitrogen and oxygen atoms in total. The standard InChI is InChI=1S/C15H23N/c1-3-5-7-13-16-15-11-9-14(10-12-15)8-6-4-2/h3,9-12,16H,1,4-8,13H2,2H3. The van der Waals surface area contributed by atoms with E-state index in [0.29, 0.717) is 0 Å². The maximum absolute atomic E-state index is 3.72. The zero-order chi connectivity index (χ0) is 11.6. The highest BCUT2D eigenvalue weighted by atomic mass is 14.9. The van der Waals surface area contributed by atoms with E-state index in [9.17, 15) is 0 Å². The van der Waals surface area contributed by atoms with E-state index in [1.54, 1.807) is 0 Å². The molecule has 1 heteroatoms. The van der Waals surface area contributed by atoms with Crippen LogP contribution in [0.1, 0.15) is 38.2 Å². The summed E-state index contributed by atoms with van der Waals surface area (Å²) in [5.74, 6) is 0. The van der Waals surface area contributed by atoms with Crippen molar-refractivity contribution in [3.63, 3.8) is 0 Å². The van der Waals surface area contributed by atoms with Gasteiger partial charge >= 0.3 is 0 Å². The molecule has 0 aliphatic heterocycles.